The van der Waals surface area contributed by atoms with Crippen molar-refractivity contribution >= 4 is 5.91 Å². The number of likely N-dealkylation sites (tertiary alicyclic amines) is 1. The van der Waals surface area contributed by atoms with Crippen molar-refractivity contribution in [2.75, 3.05) is 13.2 Å². The Morgan fingerprint density at radius 2 is 2.37 bits per heavy atom. The topological polar surface area (TPSA) is 59.0 Å². The van der Waals surface area contributed by atoms with E-state index in [4.69, 9.17) is 15.9 Å². The molecule has 3 atom stereocenters. The van der Waals surface area contributed by atoms with Gasteiger partial charge in [-0.3, -0.25) is 4.79 Å². The van der Waals surface area contributed by atoms with E-state index in [-0.39, 0.29) is 25.0 Å². The van der Waals surface area contributed by atoms with Gasteiger partial charge in [-0.2, -0.15) is 0 Å². The van der Waals surface area contributed by atoms with Crippen molar-refractivity contribution in [1.82, 2.24) is 4.90 Å². The highest BCUT2D eigenvalue weighted by atomic mass is 16.7. The second-order valence-corrected chi connectivity index (χ2v) is 5.37. The minimum Gasteiger partial charge on any atom is -0.377 e. The van der Waals surface area contributed by atoms with E-state index in [1.165, 1.54) is 11.0 Å². The van der Waals surface area contributed by atoms with Crippen LogP contribution in [0.4, 0.5) is 0 Å². The van der Waals surface area contributed by atoms with Gasteiger partial charge in [0, 0.05) is 6.42 Å². The monoisotopic (exact) mass is 265 g/mol. The molecule has 2 rings (SSSR count). The van der Waals surface area contributed by atoms with E-state index in [0.717, 1.165) is 0 Å². The first-order chi connectivity index (χ1) is 8.85. The van der Waals surface area contributed by atoms with Crippen molar-refractivity contribution in [1.29, 1.82) is 0 Å². The molecule has 0 radical (unpaired) electrons. The lowest BCUT2D eigenvalue weighted by Gasteiger charge is -2.53. The molecule has 0 aliphatic carbocycles. The number of β-lactam (4-membered cyclic amide) rings is 1. The van der Waals surface area contributed by atoms with Crippen molar-refractivity contribution in [3.05, 3.63) is 12.7 Å². The summed E-state index contributed by atoms with van der Waals surface area (Å²) in [7, 11) is 0. The largest absolute Gasteiger partial charge is 0.377 e. The molecule has 0 unspecified atom stereocenters. The third-order valence-electron chi connectivity index (χ3n) is 3.56. The van der Waals surface area contributed by atoms with Crippen LogP contribution in [0.15, 0.2) is 12.7 Å². The molecular weight excluding hydrogens is 246 g/mol. The fourth-order valence-corrected chi connectivity index (χ4v) is 2.77. The first-order valence-corrected chi connectivity index (χ1v) is 6.25. The lowest BCUT2D eigenvalue weighted by Crippen LogP contribution is -2.77. The van der Waals surface area contributed by atoms with E-state index in [0.29, 0.717) is 6.61 Å². The number of nitrogens with zero attached hydrogens (tertiary/aromatic N) is 1. The molecular formula is C14H19NO4. The zero-order valence-corrected chi connectivity index (χ0v) is 11.3. The Morgan fingerprint density at radius 1 is 1.68 bits per heavy atom. The second-order valence-electron chi connectivity index (χ2n) is 5.37. The number of aliphatic hydroxyl groups is 1. The van der Waals surface area contributed by atoms with Gasteiger partial charge in [-0.05, 0) is 13.8 Å². The molecule has 1 amide bonds. The van der Waals surface area contributed by atoms with Gasteiger partial charge in [0.05, 0.1) is 19.2 Å². The summed E-state index contributed by atoms with van der Waals surface area (Å²) in [6, 6.07) is -0.490. The van der Waals surface area contributed by atoms with Crippen molar-refractivity contribution < 1.29 is 19.4 Å². The SMILES string of the molecule is C#CCN1C(=O)[C@@](O)(CC=C)[C@@H]1[C@H]1COC(C)(C)O1. The van der Waals surface area contributed by atoms with E-state index in [9.17, 15) is 9.90 Å². The molecule has 2 aliphatic heterocycles. The summed E-state index contributed by atoms with van der Waals surface area (Å²) < 4.78 is 11.2. The Kier molecular flexibility index (Phi) is 3.43. The highest BCUT2D eigenvalue weighted by molar-refractivity contribution is 5.93. The maximum Gasteiger partial charge on any atom is 0.258 e. The highest BCUT2D eigenvalue weighted by Gasteiger charge is 2.63. The molecule has 2 saturated heterocycles. The van der Waals surface area contributed by atoms with Crippen LogP contribution in [-0.4, -0.2) is 52.6 Å². The molecule has 2 aliphatic rings. The van der Waals surface area contributed by atoms with Gasteiger partial charge < -0.3 is 19.5 Å². The molecule has 2 heterocycles. The van der Waals surface area contributed by atoms with Crippen molar-refractivity contribution in [2.45, 2.75) is 43.8 Å². The molecule has 5 nitrogen and oxygen atoms in total. The van der Waals surface area contributed by atoms with Gasteiger partial charge in [0.25, 0.3) is 5.91 Å². The van der Waals surface area contributed by atoms with E-state index < -0.39 is 17.4 Å². The lowest BCUT2D eigenvalue weighted by molar-refractivity contribution is -0.212. The second kappa shape index (κ2) is 4.64. The predicted molar refractivity (Wildman–Crippen MR) is 69.0 cm³/mol. The smallest absolute Gasteiger partial charge is 0.258 e. The molecule has 5 heteroatoms. The predicted octanol–water partition coefficient (Wildman–Crippen LogP) is 0.289. The Balaban J connectivity index is 2.21. The van der Waals surface area contributed by atoms with Gasteiger partial charge in [0.15, 0.2) is 11.4 Å². The Bertz CT molecular complexity index is 439. The van der Waals surface area contributed by atoms with Crippen LogP contribution in [0.3, 0.4) is 0 Å². The van der Waals surface area contributed by atoms with Gasteiger partial charge in [-0.25, -0.2) is 0 Å². The van der Waals surface area contributed by atoms with Crippen LogP contribution in [0.2, 0.25) is 0 Å². The number of amides is 1. The summed E-state index contributed by atoms with van der Waals surface area (Å²) in [5.41, 5.74) is -1.48. The van der Waals surface area contributed by atoms with Gasteiger partial charge in [0.1, 0.15) is 6.10 Å². The number of rotatable bonds is 4. The van der Waals surface area contributed by atoms with Crippen molar-refractivity contribution in [3.8, 4) is 12.3 Å². The molecule has 0 saturated carbocycles. The molecule has 0 spiro atoms. The molecule has 19 heavy (non-hydrogen) atoms. The van der Waals surface area contributed by atoms with Crippen molar-refractivity contribution in [2.24, 2.45) is 0 Å². The number of hydrogen-bond acceptors (Lipinski definition) is 4. The maximum absolute atomic E-state index is 12.0. The summed E-state index contributed by atoms with van der Waals surface area (Å²) in [6.07, 6.45) is 6.58. The van der Waals surface area contributed by atoms with Crippen LogP contribution in [0.1, 0.15) is 20.3 Å². The molecule has 0 bridgehead atoms. The maximum atomic E-state index is 12.0. The average molecular weight is 265 g/mol. The zero-order chi connectivity index (χ0) is 14.3. The lowest BCUT2D eigenvalue weighted by atomic mass is 9.76. The third kappa shape index (κ3) is 2.16. The number of hydrogen-bond donors (Lipinski definition) is 1. The third-order valence-corrected chi connectivity index (χ3v) is 3.56. The zero-order valence-electron chi connectivity index (χ0n) is 11.3. The average Bonchev–Trinajstić information content (AvgIpc) is 2.68. The number of carbonyl (C=O) groups is 1. The Labute approximate surface area is 113 Å². The minimum atomic E-state index is -1.48. The molecule has 1 N–H and O–H groups in total. The highest BCUT2D eigenvalue weighted by Crippen LogP contribution is 2.40. The van der Waals surface area contributed by atoms with Gasteiger partial charge in [-0.15, -0.1) is 13.0 Å². The normalized spacial score (nSPS) is 36.7. The van der Waals surface area contributed by atoms with E-state index in [1.807, 2.05) is 0 Å². The number of ether oxygens (including phenoxy) is 2. The number of carbonyl (C=O) groups excluding carboxylic acids is 1. The van der Waals surface area contributed by atoms with Crippen LogP contribution in [-0.2, 0) is 14.3 Å². The minimum absolute atomic E-state index is 0.156. The summed E-state index contributed by atoms with van der Waals surface area (Å²) in [6.45, 7) is 7.65. The van der Waals surface area contributed by atoms with Crippen LogP contribution >= 0.6 is 0 Å². The Morgan fingerprint density at radius 3 is 2.84 bits per heavy atom. The first kappa shape index (κ1) is 14.1. The van der Waals surface area contributed by atoms with Gasteiger partial charge in [-0.1, -0.05) is 12.0 Å². The van der Waals surface area contributed by atoms with E-state index in [2.05, 4.69) is 12.5 Å². The fourth-order valence-electron chi connectivity index (χ4n) is 2.77. The standard InChI is InChI=1S/C14H19NO4/c1-5-7-14(17)11(15(8-6-2)12(14)16)10-9-18-13(3,4)19-10/h2,5,10-11,17H,1,7-9H2,3-4H3/t10-,11+,14-/m1/s1. The van der Waals surface area contributed by atoms with Crippen LogP contribution in [0.5, 0.6) is 0 Å². The number of terminal acetylenes is 1. The molecule has 0 aromatic carbocycles. The van der Waals surface area contributed by atoms with Gasteiger partial charge >= 0.3 is 0 Å². The summed E-state index contributed by atoms with van der Waals surface area (Å²) in [5, 5.41) is 10.5. The molecule has 0 aromatic heterocycles. The summed E-state index contributed by atoms with van der Waals surface area (Å²) in [5.74, 6) is 1.35. The van der Waals surface area contributed by atoms with Crippen LogP contribution in [0, 0.1) is 12.3 Å². The summed E-state index contributed by atoms with van der Waals surface area (Å²) in [4.78, 5) is 13.5. The van der Waals surface area contributed by atoms with Crippen molar-refractivity contribution in [3.63, 3.8) is 0 Å². The molecule has 0 aromatic rings. The fraction of sp³-hybridized carbons (Fsp3) is 0.643. The Hall–Kier alpha value is -1.35. The van der Waals surface area contributed by atoms with E-state index in [1.54, 1.807) is 13.8 Å². The molecule has 104 valence electrons. The van der Waals surface area contributed by atoms with Gasteiger partial charge in [0.2, 0.25) is 0 Å². The first-order valence-electron chi connectivity index (χ1n) is 6.25. The quantitative estimate of drug-likeness (QED) is 0.451. The van der Waals surface area contributed by atoms with Crippen LogP contribution < -0.4 is 0 Å². The van der Waals surface area contributed by atoms with E-state index >= 15 is 0 Å². The molecule has 2 fully saturated rings. The van der Waals surface area contributed by atoms with Crippen LogP contribution in [0.25, 0.3) is 0 Å². The summed E-state index contributed by atoms with van der Waals surface area (Å²) >= 11 is 0.